The number of carbonyl (C=O) groups excluding carboxylic acids is 2. The number of hydrogen-bond donors (Lipinski definition) is 1. The number of nitrogens with one attached hydrogen (secondary N) is 1. The molecule has 1 atom stereocenters. The zero-order chi connectivity index (χ0) is 16.3. The van der Waals surface area contributed by atoms with E-state index in [0.717, 1.165) is 0 Å². The van der Waals surface area contributed by atoms with Crippen LogP contribution in [0.5, 0.6) is 11.5 Å². The minimum absolute atomic E-state index is 0.0125. The molecular weight excluding hydrogens is 284 g/mol. The van der Waals surface area contributed by atoms with Gasteiger partial charge in [0.05, 0.1) is 19.9 Å². The van der Waals surface area contributed by atoms with Crippen molar-refractivity contribution in [2.75, 3.05) is 26.1 Å². The van der Waals surface area contributed by atoms with E-state index in [1.54, 1.807) is 44.1 Å². The van der Waals surface area contributed by atoms with Crippen molar-refractivity contribution in [2.45, 2.75) is 32.2 Å². The lowest BCUT2D eigenvalue weighted by atomic mass is 9.85. The van der Waals surface area contributed by atoms with E-state index in [4.69, 9.17) is 9.47 Å². The van der Waals surface area contributed by atoms with E-state index in [-0.39, 0.29) is 11.8 Å². The molecule has 1 saturated heterocycles. The zero-order valence-corrected chi connectivity index (χ0v) is 13.4. The molecule has 1 aromatic carbocycles. The molecule has 1 N–H and O–H groups in total. The van der Waals surface area contributed by atoms with Gasteiger partial charge in [0.1, 0.15) is 5.54 Å². The van der Waals surface area contributed by atoms with E-state index in [1.807, 2.05) is 0 Å². The van der Waals surface area contributed by atoms with Crippen molar-refractivity contribution in [2.24, 2.45) is 0 Å². The first-order valence-electron chi connectivity index (χ1n) is 7.30. The Bertz CT molecular complexity index is 588. The second kappa shape index (κ2) is 6.25. The molecule has 0 radical (unpaired) electrons. The molecule has 1 unspecified atom stereocenters. The van der Waals surface area contributed by atoms with Gasteiger partial charge in [0, 0.05) is 13.0 Å². The van der Waals surface area contributed by atoms with E-state index >= 15 is 0 Å². The molecule has 1 aliphatic rings. The maximum atomic E-state index is 12.6. The van der Waals surface area contributed by atoms with Crippen molar-refractivity contribution in [1.82, 2.24) is 4.90 Å². The Labute approximate surface area is 130 Å². The third-order valence-corrected chi connectivity index (χ3v) is 4.16. The fraction of sp³-hybridized carbons (Fsp3) is 0.500. The lowest BCUT2D eigenvalue weighted by molar-refractivity contribution is -0.154. The molecule has 0 aliphatic carbocycles. The molecule has 0 bridgehead atoms. The molecule has 1 aromatic rings. The van der Waals surface area contributed by atoms with Crippen molar-refractivity contribution in [3.05, 3.63) is 18.2 Å². The van der Waals surface area contributed by atoms with Crippen LogP contribution in [-0.2, 0) is 9.59 Å². The van der Waals surface area contributed by atoms with Gasteiger partial charge in [0.15, 0.2) is 11.5 Å². The number of likely N-dealkylation sites (tertiary alicyclic amines) is 1. The third-order valence-electron chi connectivity index (χ3n) is 4.16. The average molecular weight is 306 g/mol. The van der Waals surface area contributed by atoms with E-state index in [0.29, 0.717) is 36.6 Å². The Balaban J connectivity index is 2.21. The van der Waals surface area contributed by atoms with Gasteiger partial charge in [0.2, 0.25) is 11.8 Å². The molecule has 6 heteroatoms. The summed E-state index contributed by atoms with van der Waals surface area (Å²) in [6.07, 6.45) is 1.04. The SMILES string of the molecule is CCC(=O)N1CCC1(C)C(=O)Nc1cccc(OC)c1OC. The molecule has 2 rings (SSSR count). The van der Waals surface area contributed by atoms with Crippen molar-refractivity contribution >= 4 is 17.5 Å². The first-order valence-corrected chi connectivity index (χ1v) is 7.30. The predicted molar refractivity (Wildman–Crippen MR) is 83.2 cm³/mol. The standard InChI is InChI=1S/C16H22N2O4/c1-5-13(19)18-10-9-16(18,2)15(20)17-11-7-6-8-12(21-3)14(11)22-4/h6-8H,5,9-10H2,1-4H3,(H,17,20). The van der Waals surface area contributed by atoms with Gasteiger partial charge in [-0.3, -0.25) is 9.59 Å². The topological polar surface area (TPSA) is 67.9 Å². The summed E-state index contributed by atoms with van der Waals surface area (Å²) >= 11 is 0. The quantitative estimate of drug-likeness (QED) is 0.904. The highest BCUT2D eigenvalue weighted by molar-refractivity contribution is 6.02. The van der Waals surface area contributed by atoms with Crippen LogP contribution in [0, 0.1) is 0 Å². The highest BCUT2D eigenvalue weighted by atomic mass is 16.5. The molecular formula is C16H22N2O4. The van der Waals surface area contributed by atoms with E-state index in [9.17, 15) is 9.59 Å². The summed E-state index contributed by atoms with van der Waals surface area (Å²) in [6, 6.07) is 5.27. The summed E-state index contributed by atoms with van der Waals surface area (Å²) in [7, 11) is 3.06. The maximum absolute atomic E-state index is 12.6. The second-order valence-corrected chi connectivity index (χ2v) is 5.42. The number of methoxy groups -OCH3 is 2. The van der Waals surface area contributed by atoms with Crippen molar-refractivity contribution < 1.29 is 19.1 Å². The number of nitrogens with zero attached hydrogens (tertiary/aromatic N) is 1. The average Bonchev–Trinajstić information content (AvgIpc) is 2.52. The Hall–Kier alpha value is -2.24. The van der Waals surface area contributed by atoms with Crippen molar-refractivity contribution in [3.63, 3.8) is 0 Å². The minimum atomic E-state index is -0.804. The minimum Gasteiger partial charge on any atom is -0.493 e. The van der Waals surface area contributed by atoms with Gasteiger partial charge in [0.25, 0.3) is 0 Å². The Kier molecular flexibility index (Phi) is 4.59. The van der Waals surface area contributed by atoms with Gasteiger partial charge < -0.3 is 19.7 Å². The van der Waals surface area contributed by atoms with Crippen LogP contribution in [0.4, 0.5) is 5.69 Å². The maximum Gasteiger partial charge on any atom is 0.250 e. The molecule has 1 heterocycles. The van der Waals surface area contributed by atoms with Gasteiger partial charge in [-0.05, 0) is 25.5 Å². The molecule has 0 saturated carbocycles. The predicted octanol–water partition coefficient (Wildman–Crippen LogP) is 2.04. The number of rotatable bonds is 5. The monoisotopic (exact) mass is 306 g/mol. The lowest BCUT2D eigenvalue weighted by Crippen LogP contribution is -2.66. The summed E-state index contributed by atoms with van der Waals surface area (Å²) in [5.41, 5.74) is -0.273. The fourth-order valence-electron chi connectivity index (χ4n) is 2.63. The van der Waals surface area contributed by atoms with Gasteiger partial charge in [-0.15, -0.1) is 0 Å². The van der Waals surface area contributed by atoms with Crippen LogP contribution in [0.25, 0.3) is 0 Å². The largest absolute Gasteiger partial charge is 0.493 e. The van der Waals surface area contributed by atoms with Gasteiger partial charge in [-0.25, -0.2) is 0 Å². The number of benzene rings is 1. The lowest BCUT2D eigenvalue weighted by Gasteiger charge is -2.49. The summed E-state index contributed by atoms with van der Waals surface area (Å²) < 4.78 is 10.5. The number of amides is 2. The summed E-state index contributed by atoms with van der Waals surface area (Å²) in [4.78, 5) is 26.1. The number of hydrogen-bond acceptors (Lipinski definition) is 4. The summed E-state index contributed by atoms with van der Waals surface area (Å²) in [5.74, 6) is 0.781. The molecule has 22 heavy (non-hydrogen) atoms. The molecule has 1 fully saturated rings. The molecule has 0 aromatic heterocycles. The van der Waals surface area contributed by atoms with Crippen molar-refractivity contribution in [1.29, 1.82) is 0 Å². The van der Waals surface area contributed by atoms with Crippen LogP contribution in [0.1, 0.15) is 26.7 Å². The highest BCUT2D eigenvalue weighted by Gasteiger charge is 2.49. The number of ether oxygens (including phenoxy) is 2. The molecule has 2 amide bonds. The van der Waals surface area contributed by atoms with Crippen molar-refractivity contribution in [3.8, 4) is 11.5 Å². The van der Waals surface area contributed by atoms with Gasteiger partial charge in [-0.1, -0.05) is 13.0 Å². The van der Waals surface area contributed by atoms with E-state index < -0.39 is 5.54 Å². The first kappa shape index (κ1) is 16.1. The molecule has 0 spiro atoms. The highest BCUT2D eigenvalue weighted by Crippen LogP contribution is 2.37. The van der Waals surface area contributed by atoms with Gasteiger partial charge in [-0.2, -0.15) is 0 Å². The zero-order valence-electron chi connectivity index (χ0n) is 13.4. The molecule has 6 nitrogen and oxygen atoms in total. The van der Waals surface area contributed by atoms with Crippen LogP contribution in [0.2, 0.25) is 0 Å². The van der Waals surface area contributed by atoms with Crippen LogP contribution in [0.3, 0.4) is 0 Å². The third kappa shape index (κ3) is 2.61. The second-order valence-electron chi connectivity index (χ2n) is 5.42. The van der Waals surface area contributed by atoms with E-state index in [2.05, 4.69) is 5.32 Å². The number of para-hydroxylation sites is 1. The number of carbonyl (C=O) groups is 2. The Morgan fingerprint density at radius 2 is 2.05 bits per heavy atom. The number of anilines is 1. The molecule has 120 valence electrons. The van der Waals surface area contributed by atoms with Gasteiger partial charge >= 0.3 is 0 Å². The smallest absolute Gasteiger partial charge is 0.250 e. The van der Waals surface area contributed by atoms with E-state index in [1.165, 1.54) is 7.11 Å². The van der Waals surface area contributed by atoms with Crippen LogP contribution in [0.15, 0.2) is 18.2 Å². The Morgan fingerprint density at radius 1 is 1.32 bits per heavy atom. The van der Waals surface area contributed by atoms with Crippen LogP contribution in [-0.4, -0.2) is 43.0 Å². The van der Waals surface area contributed by atoms with Crippen LogP contribution >= 0.6 is 0 Å². The first-order chi connectivity index (χ1) is 10.5. The fourth-order valence-corrected chi connectivity index (χ4v) is 2.63. The van der Waals surface area contributed by atoms with Crippen LogP contribution < -0.4 is 14.8 Å². The summed E-state index contributed by atoms with van der Waals surface area (Å²) in [6.45, 7) is 4.20. The Morgan fingerprint density at radius 3 is 2.55 bits per heavy atom. The molecule has 1 aliphatic heterocycles. The normalized spacial score (nSPS) is 20.1. The summed E-state index contributed by atoms with van der Waals surface area (Å²) in [5, 5.41) is 2.85.